The quantitative estimate of drug-likeness (QED) is 0.855. The molecule has 0 unspecified atom stereocenters. The molecule has 1 fully saturated rings. The number of carbonyl (C=O) groups is 1. The van der Waals surface area contributed by atoms with Gasteiger partial charge in [-0.15, -0.1) is 0 Å². The lowest BCUT2D eigenvalue weighted by molar-refractivity contribution is -0.121. The molecule has 1 saturated heterocycles. The second kappa shape index (κ2) is 7.77. The number of benzene rings is 1. The second-order valence-corrected chi connectivity index (χ2v) is 7.26. The van der Waals surface area contributed by atoms with Crippen LogP contribution in [-0.4, -0.2) is 34.8 Å². The van der Waals surface area contributed by atoms with Crippen LogP contribution in [-0.2, 0) is 11.2 Å². The minimum absolute atomic E-state index is 0.0357. The number of carbonyl (C=O) groups excluding carboxylic acids is 1. The summed E-state index contributed by atoms with van der Waals surface area (Å²) in [5.74, 6) is 0.0357. The van der Waals surface area contributed by atoms with E-state index in [9.17, 15) is 4.79 Å². The molecule has 1 atom stereocenters. The fourth-order valence-corrected chi connectivity index (χ4v) is 3.51. The molecule has 7 heteroatoms. The minimum atomic E-state index is 0.0357. The summed E-state index contributed by atoms with van der Waals surface area (Å²) in [4.78, 5) is 12.4. The molecule has 1 aromatic heterocycles. The minimum Gasteiger partial charge on any atom is -0.352 e. The van der Waals surface area contributed by atoms with Gasteiger partial charge in [0.15, 0.2) is 0 Å². The Bertz CT molecular complexity index is 782. The van der Waals surface area contributed by atoms with E-state index in [0.717, 1.165) is 48.6 Å². The van der Waals surface area contributed by atoms with Crippen LogP contribution in [0.25, 0.3) is 5.69 Å². The molecule has 134 valence electrons. The third-order valence-corrected chi connectivity index (χ3v) is 5.33. The zero-order valence-corrected chi connectivity index (χ0v) is 15.9. The Morgan fingerprint density at radius 3 is 2.84 bits per heavy atom. The standard InChI is InChI=1S/C18H22Cl2N4O/c1-11-15(9-18(25)22-13-4-3-7-21-10-13)12(2)24(23-11)14-5-6-16(19)17(20)8-14/h5-6,8,13,21H,3-4,7,9-10H2,1-2H3,(H,22,25)/t13-/m0/s1. The Balaban J connectivity index is 1.77. The number of piperidine rings is 1. The Morgan fingerprint density at radius 1 is 1.36 bits per heavy atom. The Morgan fingerprint density at radius 2 is 2.16 bits per heavy atom. The van der Waals surface area contributed by atoms with Gasteiger partial charge in [-0.05, 0) is 51.4 Å². The maximum atomic E-state index is 12.4. The van der Waals surface area contributed by atoms with Crippen molar-refractivity contribution >= 4 is 29.1 Å². The largest absolute Gasteiger partial charge is 0.352 e. The van der Waals surface area contributed by atoms with E-state index in [1.165, 1.54) is 0 Å². The molecule has 5 nitrogen and oxygen atoms in total. The van der Waals surface area contributed by atoms with Crippen LogP contribution in [0.15, 0.2) is 18.2 Å². The van der Waals surface area contributed by atoms with Crippen molar-refractivity contribution in [3.05, 3.63) is 45.2 Å². The smallest absolute Gasteiger partial charge is 0.224 e. The van der Waals surface area contributed by atoms with Gasteiger partial charge in [0.05, 0.1) is 27.8 Å². The normalized spacial score (nSPS) is 17.5. The van der Waals surface area contributed by atoms with Crippen molar-refractivity contribution in [3.63, 3.8) is 0 Å². The van der Waals surface area contributed by atoms with E-state index in [0.29, 0.717) is 16.5 Å². The molecule has 0 bridgehead atoms. The zero-order chi connectivity index (χ0) is 18.0. The lowest BCUT2D eigenvalue weighted by Gasteiger charge is -2.23. The molecule has 0 saturated carbocycles. The van der Waals surface area contributed by atoms with E-state index < -0.39 is 0 Å². The highest BCUT2D eigenvalue weighted by molar-refractivity contribution is 6.42. The number of nitrogens with zero attached hydrogens (tertiary/aromatic N) is 2. The van der Waals surface area contributed by atoms with Gasteiger partial charge in [-0.25, -0.2) is 4.68 Å². The average Bonchev–Trinajstić information content (AvgIpc) is 2.86. The van der Waals surface area contributed by atoms with Gasteiger partial charge >= 0.3 is 0 Å². The van der Waals surface area contributed by atoms with Gasteiger partial charge in [0, 0.05) is 23.8 Å². The molecular formula is C18H22Cl2N4O. The first-order chi connectivity index (χ1) is 12.0. The van der Waals surface area contributed by atoms with E-state index >= 15 is 0 Å². The first-order valence-corrected chi connectivity index (χ1v) is 9.22. The van der Waals surface area contributed by atoms with Crippen molar-refractivity contribution in [1.82, 2.24) is 20.4 Å². The summed E-state index contributed by atoms with van der Waals surface area (Å²) in [6.45, 7) is 5.76. The van der Waals surface area contributed by atoms with Crippen LogP contribution in [0.4, 0.5) is 0 Å². The monoisotopic (exact) mass is 380 g/mol. The SMILES string of the molecule is Cc1nn(-c2ccc(Cl)c(Cl)c2)c(C)c1CC(=O)N[C@H]1CCCNC1. The van der Waals surface area contributed by atoms with E-state index in [2.05, 4.69) is 15.7 Å². The summed E-state index contributed by atoms with van der Waals surface area (Å²) in [5, 5.41) is 12.0. The molecule has 0 aliphatic carbocycles. The average molecular weight is 381 g/mol. The molecule has 1 aromatic carbocycles. The van der Waals surface area contributed by atoms with Gasteiger partial charge in [-0.1, -0.05) is 23.2 Å². The molecule has 1 aliphatic rings. The first kappa shape index (κ1) is 18.2. The highest BCUT2D eigenvalue weighted by atomic mass is 35.5. The predicted octanol–water partition coefficient (Wildman–Crippen LogP) is 3.21. The highest BCUT2D eigenvalue weighted by Gasteiger charge is 2.19. The third kappa shape index (κ3) is 4.17. The fraction of sp³-hybridized carbons (Fsp3) is 0.444. The summed E-state index contributed by atoms with van der Waals surface area (Å²) in [6, 6.07) is 5.61. The van der Waals surface area contributed by atoms with Crippen LogP contribution in [0.3, 0.4) is 0 Å². The fourth-order valence-electron chi connectivity index (χ4n) is 3.21. The number of rotatable bonds is 4. The van der Waals surface area contributed by atoms with Crippen LogP contribution in [0.1, 0.15) is 29.8 Å². The molecule has 1 amide bonds. The van der Waals surface area contributed by atoms with Crippen LogP contribution in [0.5, 0.6) is 0 Å². The molecule has 2 heterocycles. The topological polar surface area (TPSA) is 59.0 Å². The summed E-state index contributed by atoms with van der Waals surface area (Å²) < 4.78 is 1.81. The molecule has 2 N–H and O–H groups in total. The number of hydrogen-bond donors (Lipinski definition) is 2. The van der Waals surface area contributed by atoms with Gasteiger partial charge in [0.1, 0.15) is 0 Å². The molecule has 0 radical (unpaired) electrons. The maximum absolute atomic E-state index is 12.4. The van der Waals surface area contributed by atoms with Crippen molar-refractivity contribution in [2.45, 2.75) is 39.2 Å². The van der Waals surface area contributed by atoms with E-state index in [4.69, 9.17) is 23.2 Å². The highest BCUT2D eigenvalue weighted by Crippen LogP contribution is 2.26. The molecule has 2 aromatic rings. The van der Waals surface area contributed by atoms with E-state index in [1.807, 2.05) is 24.6 Å². The Labute approximate surface area is 157 Å². The van der Waals surface area contributed by atoms with Crippen molar-refractivity contribution < 1.29 is 4.79 Å². The first-order valence-electron chi connectivity index (χ1n) is 8.46. The lowest BCUT2D eigenvalue weighted by atomic mass is 10.1. The van der Waals surface area contributed by atoms with Gasteiger partial charge in [0.25, 0.3) is 0 Å². The maximum Gasteiger partial charge on any atom is 0.224 e. The number of halogens is 2. The summed E-state index contributed by atoms with van der Waals surface area (Å²) in [5.41, 5.74) is 3.57. The van der Waals surface area contributed by atoms with Crippen molar-refractivity contribution in [1.29, 1.82) is 0 Å². The van der Waals surface area contributed by atoms with Crippen LogP contribution in [0, 0.1) is 13.8 Å². The molecular weight excluding hydrogens is 359 g/mol. The number of aromatic nitrogens is 2. The van der Waals surface area contributed by atoms with E-state index in [-0.39, 0.29) is 11.9 Å². The predicted molar refractivity (Wildman–Crippen MR) is 101 cm³/mol. The van der Waals surface area contributed by atoms with Gasteiger partial charge in [-0.2, -0.15) is 5.10 Å². The summed E-state index contributed by atoms with van der Waals surface area (Å²) in [6.07, 6.45) is 2.45. The van der Waals surface area contributed by atoms with Gasteiger partial charge in [-0.3, -0.25) is 4.79 Å². The number of hydrogen-bond acceptors (Lipinski definition) is 3. The molecule has 3 rings (SSSR count). The van der Waals surface area contributed by atoms with Crippen molar-refractivity contribution in [2.75, 3.05) is 13.1 Å². The molecule has 1 aliphatic heterocycles. The lowest BCUT2D eigenvalue weighted by Crippen LogP contribution is -2.46. The number of aryl methyl sites for hydroxylation is 1. The number of nitrogens with one attached hydrogen (secondary N) is 2. The van der Waals surface area contributed by atoms with Crippen molar-refractivity contribution in [3.8, 4) is 5.69 Å². The van der Waals surface area contributed by atoms with Gasteiger partial charge < -0.3 is 10.6 Å². The number of amides is 1. The van der Waals surface area contributed by atoms with Crippen LogP contribution >= 0.6 is 23.2 Å². The van der Waals surface area contributed by atoms with E-state index in [1.54, 1.807) is 12.1 Å². The Kier molecular flexibility index (Phi) is 5.67. The summed E-state index contributed by atoms with van der Waals surface area (Å²) in [7, 11) is 0. The van der Waals surface area contributed by atoms with Crippen molar-refractivity contribution in [2.24, 2.45) is 0 Å². The Hall–Kier alpha value is -1.56. The summed E-state index contributed by atoms with van der Waals surface area (Å²) >= 11 is 12.1. The molecule has 0 spiro atoms. The third-order valence-electron chi connectivity index (χ3n) is 4.59. The molecule has 25 heavy (non-hydrogen) atoms. The van der Waals surface area contributed by atoms with Gasteiger partial charge in [0.2, 0.25) is 5.91 Å². The van der Waals surface area contributed by atoms with Crippen LogP contribution < -0.4 is 10.6 Å². The zero-order valence-electron chi connectivity index (χ0n) is 14.4. The van der Waals surface area contributed by atoms with Crippen LogP contribution in [0.2, 0.25) is 10.0 Å². The second-order valence-electron chi connectivity index (χ2n) is 6.45.